The number of carbonyl (C=O) groups excluding carboxylic acids is 1. The minimum Gasteiger partial charge on any atom is -0.373 e. The zero-order valence-corrected chi connectivity index (χ0v) is 13.9. The highest BCUT2D eigenvalue weighted by atomic mass is 16.5. The summed E-state index contributed by atoms with van der Waals surface area (Å²) in [6.07, 6.45) is 10.7. The number of aromatic nitrogens is 1. The molecule has 1 amide bonds. The highest BCUT2D eigenvalue weighted by Crippen LogP contribution is 2.33. The molecule has 1 aromatic rings. The van der Waals surface area contributed by atoms with Crippen molar-refractivity contribution in [1.29, 1.82) is 0 Å². The maximum Gasteiger partial charge on any atom is 0.249 e. The summed E-state index contributed by atoms with van der Waals surface area (Å²) < 4.78 is 12.1. The number of likely N-dealkylation sites (tertiary alicyclic amines) is 1. The van der Waals surface area contributed by atoms with Gasteiger partial charge in [-0.05, 0) is 49.8 Å². The minimum absolute atomic E-state index is 0.00606. The lowest BCUT2D eigenvalue weighted by molar-refractivity contribution is -0.130. The highest BCUT2D eigenvalue weighted by Gasteiger charge is 2.47. The van der Waals surface area contributed by atoms with Crippen molar-refractivity contribution >= 4 is 5.91 Å². The Morgan fingerprint density at radius 2 is 2.21 bits per heavy atom. The van der Waals surface area contributed by atoms with Crippen LogP contribution in [0.1, 0.15) is 37.7 Å². The average Bonchev–Trinajstić information content (AvgIpc) is 3.29. The Labute approximate surface area is 142 Å². The molecule has 0 saturated carbocycles. The summed E-state index contributed by atoms with van der Waals surface area (Å²) in [4.78, 5) is 18.9. The Bertz CT molecular complexity index is 616. The first kappa shape index (κ1) is 15.8. The third kappa shape index (κ3) is 3.10. The Balaban J connectivity index is 1.45. The fourth-order valence-corrected chi connectivity index (χ4v) is 4.02. The van der Waals surface area contributed by atoms with Gasteiger partial charge in [-0.25, -0.2) is 0 Å². The molecule has 0 unspecified atom stereocenters. The Morgan fingerprint density at radius 1 is 1.33 bits per heavy atom. The first-order valence-electron chi connectivity index (χ1n) is 8.95. The number of allylic oxidation sites excluding steroid dienone is 1. The van der Waals surface area contributed by atoms with E-state index < -0.39 is 0 Å². The van der Waals surface area contributed by atoms with E-state index in [0.717, 1.165) is 49.8 Å². The Hall–Kier alpha value is -1.72. The van der Waals surface area contributed by atoms with Crippen LogP contribution in [0.3, 0.4) is 0 Å². The van der Waals surface area contributed by atoms with Gasteiger partial charge < -0.3 is 14.4 Å². The topological polar surface area (TPSA) is 51.7 Å². The van der Waals surface area contributed by atoms with E-state index in [4.69, 9.17) is 9.47 Å². The van der Waals surface area contributed by atoms with Crippen LogP contribution in [0.25, 0.3) is 0 Å². The molecule has 4 rings (SSSR count). The van der Waals surface area contributed by atoms with Gasteiger partial charge in [0.05, 0.1) is 19.2 Å². The first-order chi connectivity index (χ1) is 11.8. The van der Waals surface area contributed by atoms with E-state index in [9.17, 15) is 4.79 Å². The van der Waals surface area contributed by atoms with Crippen molar-refractivity contribution in [3.05, 3.63) is 41.7 Å². The monoisotopic (exact) mass is 328 g/mol. The van der Waals surface area contributed by atoms with Crippen molar-refractivity contribution in [1.82, 2.24) is 9.88 Å². The molecule has 128 valence electrons. The van der Waals surface area contributed by atoms with E-state index in [1.54, 1.807) is 12.4 Å². The van der Waals surface area contributed by atoms with Gasteiger partial charge >= 0.3 is 0 Å². The fraction of sp³-hybridized carbons (Fsp3) is 0.579. The molecular weight excluding hydrogens is 304 g/mol. The van der Waals surface area contributed by atoms with Crippen LogP contribution in [-0.4, -0.2) is 47.2 Å². The second-order valence-electron chi connectivity index (χ2n) is 6.83. The number of hydrogen-bond acceptors (Lipinski definition) is 4. The van der Waals surface area contributed by atoms with Gasteiger partial charge in [0.15, 0.2) is 0 Å². The zero-order chi connectivity index (χ0) is 16.4. The second-order valence-corrected chi connectivity index (χ2v) is 6.83. The fourth-order valence-electron chi connectivity index (χ4n) is 4.02. The summed E-state index contributed by atoms with van der Waals surface area (Å²) >= 11 is 0. The van der Waals surface area contributed by atoms with Gasteiger partial charge in [0.2, 0.25) is 5.91 Å². The van der Waals surface area contributed by atoms with Crippen molar-refractivity contribution in [2.24, 2.45) is 0 Å². The molecular formula is C19H24N2O3. The molecule has 2 aliphatic heterocycles. The SMILES string of the molecule is O=C(C1=CCCC1)N1C[C@@H](OCc2ccncc2)[C@H]2OCCC[C@H]21. The van der Waals surface area contributed by atoms with Crippen molar-refractivity contribution in [2.45, 2.75) is 57.0 Å². The van der Waals surface area contributed by atoms with Gasteiger partial charge in [0.25, 0.3) is 0 Å². The molecule has 0 bridgehead atoms. The van der Waals surface area contributed by atoms with Gasteiger partial charge in [-0.15, -0.1) is 0 Å². The van der Waals surface area contributed by atoms with Gasteiger partial charge in [-0.1, -0.05) is 6.08 Å². The summed E-state index contributed by atoms with van der Waals surface area (Å²) in [5.41, 5.74) is 2.08. The number of amides is 1. The molecule has 2 saturated heterocycles. The number of nitrogens with zero attached hydrogens (tertiary/aromatic N) is 2. The summed E-state index contributed by atoms with van der Waals surface area (Å²) in [6.45, 7) is 1.93. The van der Waals surface area contributed by atoms with E-state index in [2.05, 4.69) is 11.1 Å². The zero-order valence-electron chi connectivity index (χ0n) is 13.9. The molecule has 3 heterocycles. The number of carbonyl (C=O) groups is 1. The number of rotatable bonds is 4. The lowest BCUT2D eigenvalue weighted by Crippen LogP contribution is -2.44. The van der Waals surface area contributed by atoms with E-state index >= 15 is 0 Å². The number of ether oxygens (including phenoxy) is 2. The van der Waals surface area contributed by atoms with Gasteiger partial charge in [0.1, 0.15) is 12.2 Å². The molecule has 0 aromatic carbocycles. The van der Waals surface area contributed by atoms with Crippen LogP contribution in [0, 0.1) is 0 Å². The second kappa shape index (κ2) is 7.03. The Kier molecular flexibility index (Phi) is 4.63. The lowest BCUT2D eigenvalue weighted by atomic mass is 10.0. The normalized spacial score (nSPS) is 29.4. The van der Waals surface area contributed by atoms with Crippen molar-refractivity contribution in [2.75, 3.05) is 13.2 Å². The number of fused-ring (bicyclic) bond motifs is 1. The largest absolute Gasteiger partial charge is 0.373 e. The van der Waals surface area contributed by atoms with E-state index in [1.807, 2.05) is 17.0 Å². The molecule has 0 spiro atoms. The van der Waals surface area contributed by atoms with Crippen molar-refractivity contribution < 1.29 is 14.3 Å². The van der Waals surface area contributed by atoms with E-state index in [1.165, 1.54) is 0 Å². The molecule has 1 aromatic heterocycles. The maximum atomic E-state index is 12.9. The predicted octanol–water partition coefficient (Wildman–Crippen LogP) is 2.47. The van der Waals surface area contributed by atoms with E-state index in [-0.39, 0.29) is 24.2 Å². The molecule has 3 atom stereocenters. The predicted molar refractivity (Wildman–Crippen MR) is 89.2 cm³/mol. The summed E-state index contributed by atoms with van der Waals surface area (Å²) in [5, 5.41) is 0. The maximum absolute atomic E-state index is 12.9. The highest BCUT2D eigenvalue weighted by molar-refractivity contribution is 5.94. The summed E-state index contributed by atoms with van der Waals surface area (Å²) in [6, 6.07) is 4.08. The molecule has 3 aliphatic rings. The van der Waals surface area contributed by atoms with Crippen LogP contribution < -0.4 is 0 Å². The quantitative estimate of drug-likeness (QED) is 0.852. The summed E-state index contributed by atoms with van der Waals surface area (Å²) in [7, 11) is 0. The van der Waals surface area contributed by atoms with Gasteiger partial charge in [-0.2, -0.15) is 0 Å². The molecule has 5 nitrogen and oxygen atoms in total. The van der Waals surface area contributed by atoms with Crippen LogP contribution in [-0.2, 0) is 20.9 Å². The number of hydrogen-bond donors (Lipinski definition) is 0. The van der Waals surface area contributed by atoms with Crippen LogP contribution >= 0.6 is 0 Å². The van der Waals surface area contributed by atoms with Gasteiger partial charge in [-0.3, -0.25) is 9.78 Å². The molecule has 24 heavy (non-hydrogen) atoms. The van der Waals surface area contributed by atoms with Crippen molar-refractivity contribution in [3.8, 4) is 0 Å². The minimum atomic E-state index is -0.0468. The van der Waals surface area contributed by atoms with E-state index in [0.29, 0.717) is 13.2 Å². The molecule has 5 heteroatoms. The lowest BCUT2D eigenvalue weighted by Gasteiger charge is -2.32. The van der Waals surface area contributed by atoms with Crippen LogP contribution in [0.4, 0.5) is 0 Å². The third-order valence-electron chi connectivity index (χ3n) is 5.27. The van der Waals surface area contributed by atoms with Crippen molar-refractivity contribution in [3.63, 3.8) is 0 Å². The van der Waals surface area contributed by atoms with Gasteiger partial charge in [0, 0.05) is 24.6 Å². The van der Waals surface area contributed by atoms with Crippen LogP contribution in [0.5, 0.6) is 0 Å². The smallest absolute Gasteiger partial charge is 0.249 e. The summed E-state index contributed by atoms with van der Waals surface area (Å²) in [5.74, 6) is 0.197. The van der Waals surface area contributed by atoms with Crippen LogP contribution in [0.15, 0.2) is 36.2 Å². The average molecular weight is 328 g/mol. The molecule has 0 radical (unpaired) electrons. The Morgan fingerprint density at radius 3 is 3.00 bits per heavy atom. The molecule has 0 N–H and O–H groups in total. The van der Waals surface area contributed by atoms with Crippen LogP contribution in [0.2, 0.25) is 0 Å². The number of pyridine rings is 1. The standard InChI is InChI=1S/C19H24N2O3/c22-19(15-4-1-2-5-15)21-12-17(18-16(21)6-3-11-23-18)24-13-14-7-9-20-10-8-14/h4,7-10,16-18H,1-3,5-6,11-13H2/t16-,17-,18+/m1/s1. The molecule has 2 fully saturated rings. The molecule has 1 aliphatic carbocycles. The first-order valence-corrected chi connectivity index (χ1v) is 8.95. The third-order valence-corrected chi connectivity index (χ3v) is 5.27.